The summed E-state index contributed by atoms with van der Waals surface area (Å²) in [6.07, 6.45) is 6.67. The van der Waals surface area contributed by atoms with E-state index in [0.717, 1.165) is 23.0 Å². The van der Waals surface area contributed by atoms with Gasteiger partial charge in [0.25, 0.3) is 0 Å². The Labute approximate surface area is 153 Å². The molecule has 0 radical (unpaired) electrons. The van der Waals surface area contributed by atoms with Gasteiger partial charge in [-0.15, -0.1) is 0 Å². The predicted molar refractivity (Wildman–Crippen MR) is 101 cm³/mol. The molecule has 6 nitrogen and oxygen atoms in total. The molecule has 0 amide bonds. The lowest BCUT2D eigenvalue weighted by Gasteiger charge is -2.37. The summed E-state index contributed by atoms with van der Waals surface area (Å²) in [5.74, 6) is -0.232. The minimum Gasteiger partial charge on any atom is -0.468 e. The molecule has 5 rings (SSSR count). The van der Waals surface area contributed by atoms with Crippen LogP contribution in [0.5, 0.6) is 0 Å². The number of carbonyl (C=O) groups excluding carboxylic acids is 1. The minimum atomic E-state index is -0.368. The molecule has 0 spiro atoms. The summed E-state index contributed by atoms with van der Waals surface area (Å²) in [5.41, 5.74) is 3.39. The molecular formula is C19H18N4O2S. The average molecular weight is 366 g/mol. The Morgan fingerprint density at radius 3 is 3.15 bits per heavy atom. The third-order valence-electron chi connectivity index (χ3n) is 5.12. The topological polar surface area (TPSA) is 70.2 Å². The highest BCUT2D eigenvalue weighted by molar-refractivity contribution is 7.03. The lowest BCUT2D eigenvalue weighted by molar-refractivity contribution is -0.143. The number of ether oxygens (including phenoxy) is 1. The van der Waals surface area contributed by atoms with E-state index in [4.69, 9.17) is 4.74 Å². The SMILES string of the molecule is COC(=O)[C@H]1Cc2c([nH]c3ccccc23)[C@@H](N2C=c3cnsc3=CC2)N1. The van der Waals surface area contributed by atoms with Gasteiger partial charge < -0.3 is 14.6 Å². The zero-order chi connectivity index (χ0) is 17.7. The number of aromatic amines is 1. The van der Waals surface area contributed by atoms with Gasteiger partial charge in [0.2, 0.25) is 0 Å². The Kier molecular flexibility index (Phi) is 3.58. The molecule has 0 bridgehead atoms. The third-order valence-corrected chi connectivity index (χ3v) is 5.93. The molecule has 3 aromatic rings. The number of nitrogens with one attached hydrogen (secondary N) is 2. The molecule has 2 aromatic heterocycles. The highest BCUT2D eigenvalue weighted by Crippen LogP contribution is 2.34. The Bertz CT molecular complexity index is 1120. The monoisotopic (exact) mass is 366 g/mol. The van der Waals surface area contributed by atoms with Crippen LogP contribution in [0.4, 0.5) is 0 Å². The van der Waals surface area contributed by atoms with Gasteiger partial charge in [0.1, 0.15) is 12.2 Å². The van der Waals surface area contributed by atoms with Crippen molar-refractivity contribution in [2.45, 2.75) is 18.6 Å². The largest absolute Gasteiger partial charge is 0.468 e. The number of nitrogens with zero attached hydrogens (tertiary/aromatic N) is 2. The number of benzene rings is 1. The van der Waals surface area contributed by atoms with Crippen molar-refractivity contribution >= 4 is 40.7 Å². The molecule has 2 aliphatic heterocycles. The molecule has 0 saturated heterocycles. The molecule has 2 N–H and O–H groups in total. The number of carbonyl (C=O) groups is 1. The van der Waals surface area contributed by atoms with Crippen LogP contribution in [-0.4, -0.2) is 39.9 Å². The number of esters is 1. The smallest absolute Gasteiger partial charge is 0.323 e. The summed E-state index contributed by atoms with van der Waals surface area (Å²) < 4.78 is 10.5. The van der Waals surface area contributed by atoms with Gasteiger partial charge in [-0.3, -0.25) is 10.1 Å². The second-order valence-electron chi connectivity index (χ2n) is 6.59. The zero-order valence-electron chi connectivity index (χ0n) is 14.2. The van der Waals surface area contributed by atoms with E-state index in [9.17, 15) is 4.79 Å². The van der Waals surface area contributed by atoms with Crippen molar-refractivity contribution in [3.63, 3.8) is 0 Å². The van der Waals surface area contributed by atoms with Gasteiger partial charge >= 0.3 is 5.97 Å². The maximum Gasteiger partial charge on any atom is 0.323 e. The van der Waals surface area contributed by atoms with Crippen LogP contribution in [0.25, 0.3) is 23.2 Å². The molecule has 0 saturated carbocycles. The fraction of sp³-hybridized carbons (Fsp3) is 0.263. The number of H-pyrrole nitrogens is 1. The van der Waals surface area contributed by atoms with E-state index in [-0.39, 0.29) is 18.2 Å². The van der Waals surface area contributed by atoms with E-state index in [1.165, 1.54) is 34.1 Å². The average Bonchev–Trinajstić information content (AvgIpc) is 3.30. The van der Waals surface area contributed by atoms with Crippen LogP contribution in [0.15, 0.2) is 30.5 Å². The Morgan fingerprint density at radius 2 is 2.27 bits per heavy atom. The van der Waals surface area contributed by atoms with Crippen molar-refractivity contribution in [1.82, 2.24) is 19.6 Å². The minimum absolute atomic E-state index is 0.125. The van der Waals surface area contributed by atoms with Crippen LogP contribution < -0.4 is 15.1 Å². The number of aromatic nitrogens is 2. The Morgan fingerprint density at radius 1 is 1.38 bits per heavy atom. The summed E-state index contributed by atoms with van der Waals surface area (Å²) >= 11 is 1.51. The zero-order valence-corrected chi connectivity index (χ0v) is 15.0. The molecule has 7 heteroatoms. The van der Waals surface area contributed by atoms with E-state index in [1.807, 2.05) is 18.3 Å². The lowest BCUT2D eigenvalue weighted by atomic mass is 9.96. The standard InChI is InChI=1S/C19H18N4O2S/c1-25-19(24)15-8-13-12-4-2-3-5-14(12)21-17(13)18(22-15)23-7-6-16-11(10-23)9-20-26-16/h2-6,9-10,15,18,21-22H,7-8H2,1H3/t15-,18-/m1/s1. The molecule has 4 heterocycles. The van der Waals surface area contributed by atoms with Crippen molar-refractivity contribution in [3.05, 3.63) is 51.5 Å². The first-order valence-electron chi connectivity index (χ1n) is 8.56. The van der Waals surface area contributed by atoms with Gasteiger partial charge in [0, 0.05) is 41.5 Å². The Balaban J connectivity index is 1.64. The van der Waals surface area contributed by atoms with Gasteiger partial charge in [-0.1, -0.05) is 18.2 Å². The van der Waals surface area contributed by atoms with Gasteiger partial charge in [0.15, 0.2) is 0 Å². The quantitative estimate of drug-likeness (QED) is 0.658. The van der Waals surface area contributed by atoms with Gasteiger partial charge in [0.05, 0.1) is 17.3 Å². The maximum atomic E-state index is 12.3. The first kappa shape index (κ1) is 15.6. The van der Waals surface area contributed by atoms with Gasteiger partial charge in [-0.25, -0.2) is 0 Å². The molecule has 2 aliphatic rings. The van der Waals surface area contributed by atoms with E-state index in [2.05, 4.69) is 44.0 Å². The summed E-state index contributed by atoms with van der Waals surface area (Å²) in [7, 11) is 1.44. The number of hydrogen-bond donors (Lipinski definition) is 2. The fourth-order valence-corrected chi connectivity index (χ4v) is 4.51. The highest BCUT2D eigenvalue weighted by atomic mass is 32.1. The molecular weight excluding hydrogens is 348 g/mol. The number of rotatable bonds is 2. The van der Waals surface area contributed by atoms with E-state index < -0.39 is 0 Å². The highest BCUT2D eigenvalue weighted by Gasteiger charge is 2.36. The fourth-order valence-electron chi connectivity index (χ4n) is 3.87. The molecule has 132 valence electrons. The van der Waals surface area contributed by atoms with Crippen molar-refractivity contribution < 1.29 is 9.53 Å². The summed E-state index contributed by atoms with van der Waals surface area (Å²) in [6, 6.07) is 7.87. The van der Waals surface area contributed by atoms with Crippen LogP contribution >= 0.6 is 11.5 Å². The number of hydrogen-bond acceptors (Lipinski definition) is 6. The van der Waals surface area contributed by atoms with Crippen molar-refractivity contribution in [3.8, 4) is 0 Å². The number of fused-ring (bicyclic) bond motifs is 4. The second kappa shape index (κ2) is 5.96. The normalized spacial score (nSPS) is 21.5. The summed E-state index contributed by atoms with van der Waals surface area (Å²) in [6.45, 7) is 0.759. The van der Waals surface area contributed by atoms with Crippen LogP contribution in [0, 0.1) is 0 Å². The number of methoxy groups -OCH3 is 1. The van der Waals surface area contributed by atoms with E-state index in [0.29, 0.717) is 6.42 Å². The number of para-hydroxylation sites is 1. The predicted octanol–water partition coefficient (Wildman–Crippen LogP) is 0.845. The van der Waals surface area contributed by atoms with Crippen LogP contribution in [0.3, 0.4) is 0 Å². The first-order valence-corrected chi connectivity index (χ1v) is 9.34. The molecule has 2 atom stereocenters. The summed E-state index contributed by atoms with van der Waals surface area (Å²) in [5, 5.41) is 5.75. The Hall–Kier alpha value is -2.64. The first-order chi connectivity index (χ1) is 12.7. The third kappa shape index (κ3) is 2.35. The van der Waals surface area contributed by atoms with Gasteiger partial charge in [-0.2, -0.15) is 4.37 Å². The van der Waals surface area contributed by atoms with Crippen molar-refractivity contribution in [1.29, 1.82) is 0 Å². The van der Waals surface area contributed by atoms with E-state index in [1.54, 1.807) is 0 Å². The molecule has 0 fully saturated rings. The molecule has 0 unspecified atom stereocenters. The molecule has 1 aromatic carbocycles. The van der Waals surface area contributed by atoms with Gasteiger partial charge in [-0.05, 0) is 29.2 Å². The van der Waals surface area contributed by atoms with E-state index >= 15 is 0 Å². The van der Waals surface area contributed by atoms with Crippen LogP contribution in [0.1, 0.15) is 17.4 Å². The van der Waals surface area contributed by atoms with Crippen molar-refractivity contribution in [2.24, 2.45) is 0 Å². The maximum absolute atomic E-state index is 12.3. The molecule has 26 heavy (non-hydrogen) atoms. The molecule has 0 aliphatic carbocycles. The van der Waals surface area contributed by atoms with Crippen LogP contribution in [-0.2, 0) is 16.0 Å². The second-order valence-corrected chi connectivity index (χ2v) is 7.42. The van der Waals surface area contributed by atoms with Crippen LogP contribution in [0.2, 0.25) is 0 Å². The van der Waals surface area contributed by atoms with Crippen molar-refractivity contribution in [2.75, 3.05) is 13.7 Å². The summed E-state index contributed by atoms with van der Waals surface area (Å²) in [4.78, 5) is 18.0. The lowest BCUT2D eigenvalue weighted by Crippen LogP contribution is -2.51.